The third kappa shape index (κ3) is 4.12. The Bertz CT molecular complexity index is 871. The molecule has 0 aliphatic carbocycles. The van der Waals surface area contributed by atoms with Crippen LogP contribution in [0.25, 0.3) is 0 Å². The summed E-state index contributed by atoms with van der Waals surface area (Å²) < 4.78 is 5.00. The third-order valence-corrected chi connectivity index (χ3v) is 9.31. The van der Waals surface area contributed by atoms with Crippen molar-refractivity contribution in [3.63, 3.8) is 0 Å². The van der Waals surface area contributed by atoms with E-state index in [1.54, 1.807) is 0 Å². The minimum atomic E-state index is -2.29. The molecule has 0 aromatic heterocycles. The number of hydrogen-bond donors (Lipinski definition) is 0. The molecule has 4 nitrogen and oxygen atoms in total. The number of carbonyl (C=O) groups is 2. The van der Waals surface area contributed by atoms with E-state index in [4.69, 9.17) is 4.74 Å². The highest BCUT2D eigenvalue weighted by Crippen LogP contribution is 2.55. The van der Waals surface area contributed by atoms with Crippen LogP contribution < -0.4 is 32.9 Å². The number of hydrogen-bond acceptors (Lipinski definition) is 3. The lowest BCUT2D eigenvalue weighted by molar-refractivity contribution is -0.125. The Labute approximate surface area is 181 Å². The number of halogens is 1. The molecule has 0 radical (unpaired) electrons. The van der Waals surface area contributed by atoms with Crippen LogP contribution in [-0.4, -0.2) is 36.2 Å². The Morgan fingerprint density at radius 2 is 1.21 bits per heavy atom. The number of benzene rings is 3. The van der Waals surface area contributed by atoms with Crippen molar-refractivity contribution in [3.05, 3.63) is 91.0 Å². The molecule has 4 rings (SSSR count). The molecule has 3 aromatic rings. The van der Waals surface area contributed by atoms with Crippen LogP contribution in [0.5, 0.6) is 0 Å². The van der Waals surface area contributed by atoms with Gasteiger partial charge in [0.05, 0.1) is 6.54 Å². The zero-order valence-corrected chi connectivity index (χ0v) is 18.3. The summed E-state index contributed by atoms with van der Waals surface area (Å²) in [6, 6.07) is 30.5. The van der Waals surface area contributed by atoms with Crippen LogP contribution in [-0.2, 0) is 9.53 Å². The Hall–Kier alpha value is -2.49. The number of amides is 2. The number of imide groups is 1. The second-order valence-electron chi connectivity index (χ2n) is 6.63. The van der Waals surface area contributed by atoms with Gasteiger partial charge in [-0.25, -0.2) is 9.69 Å². The van der Waals surface area contributed by atoms with Crippen molar-refractivity contribution < 1.29 is 31.3 Å². The van der Waals surface area contributed by atoms with E-state index in [0.29, 0.717) is 6.54 Å². The quantitative estimate of drug-likeness (QED) is 0.492. The molecule has 0 unspecified atom stereocenters. The Balaban J connectivity index is 0.00000240. The number of rotatable bonds is 5. The van der Waals surface area contributed by atoms with E-state index < -0.39 is 13.4 Å². The van der Waals surface area contributed by atoms with E-state index in [0.717, 1.165) is 15.9 Å². The molecule has 2 amide bonds. The molecule has 1 fully saturated rings. The lowest BCUT2D eigenvalue weighted by Gasteiger charge is -2.28. The molecule has 0 bridgehead atoms. The van der Waals surface area contributed by atoms with E-state index in [1.807, 2.05) is 54.6 Å². The van der Waals surface area contributed by atoms with Gasteiger partial charge in [0.25, 0.3) is 5.91 Å². The predicted octanol–water partition coefficient (Wildman–Crippen LogP) is -0.0367. The van der Waals surface area contributed by atoms with E-state index >= 15 is 0 Å². The highest BCUT2D eigenvalue weighted by Gasteiger charge is 2.49. The lowest BCUT2D eigenvalue weighted by Crippen LogP contribution is -3.00. The average Bonchev–Trinajstić information content (AvgIpc) is 3.20. The molecule has 0 N–H and O–H groups in total. The van der Waals surface area contributed by atoms with Crippen molar-refractivity contribution >= 4 is 35.2 Å². The van der Waals surface area contributed by atoms with E-state index in [-0.39, 0.29) is 35.7 Å². The summed E-state index contributed by atoms with van der Waals surface area (Å²) >= 11 is 0. The maximum absolute atomic E-state index is 13.2. The molecular formula is C23H21BrNO3P. The van der Waals surface area contributed by atoms with Crippen molar-refractivity contribution in [3.8, 4) is 0 Å². The zero-order chi connectivity index (χ0) is 19.4. The molecule has 6 heteroatoms. The van der Waals surface area contributed by atoms with Crippen molar-refractivity contribution in [2.24, 2.45) is 0 Å². The molecule has 0 saturated carbocycles. The van der Waals surface area contributed by atoms with Gasteiger partial charge < -0.3 is 21.7 Å². The normalized spacial score (nSPS) is 13.5. The highest BCUT2D eigenvalue weighted by atomic mass is 79.9. The van der Waals surface area contributed by atoms with Crippen LogP contribution in [0.15, 0.2) is 91.0 Å². The van der Waals surface area contributed by atoms with Gasteiger partial charge in [-0.05, 0) is 36.4 Å². The van der Waals surface area contributed by atoms with Crippen molar-refractivity contribution in [1.29, 1.82) is 0 Å². The Morgan fingerprint density at radius 3 is 1.55 bits per heavy atom. The molecule has 1 aliphatic rings. The molecule has 29 heavy (non-hydrogen) atoms. The molecule has 1 heterocycles. The second-order valence-corrected chi connectivity index (χ2v) is 10.1. The summed E-state index contributed by atoms with van der Waals surface area (Å²) in [5.74, 6) is -0.188. The van der Waals surface area contributed by atoms with Gasteiger partial charge in [0, 0.05) is 0 Å². The standard InChI is InChI=1S/C23H21NO3P.BrH/c25-22(24-16-17-27-23(24)26)18-28(19-10-4-1-5-11-19,20-12-6-2-7-13-20)21-14-8-3-9-15-21;/h1-15H,16-18H2;1H/q+1;/p-1. The maximum atomic E-state index is 13.2. The zero-order valence-electron chi connectivity index (χ0n) is 15.8. The largest absolute Gasteiger partial charge is 1.00 e. The fourth-order valence-corrected chi connectivity index (χ4v) is 7.74. The van der Waals surface area contributed by atoms with Gasteiger partial charge in [0.15, 0.2) is 6.16 Å². The number of carbonyl (C=O) groups excluding carboxylic acids is 2. The fourth-order valence-electron chi connectivity index (χ4n) is 3.68. The van der Waals surface area contributed by atoms with Gasteiger partial charge in [-0.2, -0.15) is 0 Å². The summed E-state index contributed by atoms with van der Waals surface area (Å²) in [5.41, 5.74) is 0. The van der Waals surface area contributed by atoms with Crippen molar-refractivity contribution in [2.75, 3.05) is 19.3 Å². The SMILES string of the molecule is O=C(C[P+](c1ccccc1)(c1ccccc1)c1ccccc1)N1CCOC1=O.[Br-]. The summed E-state index contributed by atoms with van der Waals surface area (Å²) in [6.07, 6.45) is -0.294. The fraction of sp³-hybridized carbons (Fsp3) is 0.130. The maximum Gasteiger partial charge on any atom is 0.416 e. The third-order valence-electron chi connectivity index (χ3n) is 5.03. The van der Waals surface area contributed by atoms with Gasteiger partial charge in [-0.1, -0.05) is 54.6 Å². The molecule has 1 aliphatic heterocycles. The smallest absolute Gasteiger partial charge is 0.416 e. The van der Waals surface area contributed by atoms with Crippen LogP contribution in [0.2, 0.25) is 0 Å². The van der Waals surface area contributed by atoms with Crippen molar-refractivity contribution in [2.45, 2.75) is 0 Å². The predicted molar refractivity (Wildman–Crippen MR) is 113 cm³/mol. The van der Waals surface area contributed by atoms with E-state index in [1.165, 1.54) is 4.90 Å². The number of cyclic esters (lactones) is 1. The minimum Gasteiger partial charge on any atom is -1.00 e. The van der Waals surface area contributed by atoms with Gasteiger partial charge in [-0.3, -0.25) is 4.79 Å². The van der Waals surface area contributed by atoms with Crippen LogP contribution >= 0.6 is 7.26 Å². The first kappa shape index (κ1) is 21.2. The van der Waals surface area contributed by atoms with E-state index in [2.05, 4.69) is 36.4 Å². The van der Waals surface area contributed by atoms with Gasteiger partial charge in [0.2, 0.25) is 0 Å². The summed E-state index contributed by atoms with van der Waals surface area (Å²) in [6.45, 7) is 0.577. The van der Waals surface area contributed by atoms with Crippen molar-refractivity contribution in [1.82, 2.24) is 4.90 Å². The molecule has 3 aromatic carbocycles. The van der Waals surface area contributed by atoms with Crippen LogP contribution in [0.1, 0.15) is 0 Å². The summed E-state index contributed by atoms with van der Waals surface area (Å²) in [7, 11) is -2.29. The van der Waals surface area contributed by atoms with Crippen LogP contribution in [0.3, 0.4) is 0 Å². The summed E-state index contributed by atoms with van der Waals surface area (Å²) in [4.78, 5) is 26.5. The number of nitrogens with zero attached hydrogens (tertiary/aromatic N) is 1. The van der Waals surface area contributed by atoms with Gasteiger partial charge in [0.1, 0.15) is 29.8 Å². The minimum absolute atomic E-state index is 0. The monoisotopic (exact) mass is 469 g/mol. The topological polar surface area (TPSA) is 46.6 Å². The first-order valence-corrected chi connectivity index (χ1v) is 11.2. The average molecular weight is 470 g/mol. The molecule has 0 atom stereocenters. The first-order chi connectivity index (χ1) is 13.7. The Morgan fingerprint density at radius 1 is 0.793 bits per heavy atom. The lowest BCUT2D eigenvalue weighted by atomic mass is 10.4. The second kappa shape index (κ2) is 9.34. The summed E-state index contributed by atoms with van der Waals surface area (Å²) in [5, 5.41) is 3.36. The molecule has 148 valence electrons. The molecule has 1 saturated heterocycles. The van der Waals surface area contributed by atoms with Crippen LogP contribution in [0, 0.1) is 0 Å². The molecule has 0 spiro atoms. The highest BCUT2D eigenvalue weighted by molar-refractivity contribution is 7.96. The number of ether oxygens (including phenoxy) is 1. The van der Waals surface area contributed by atoms with Gasteiger partial charge in [-0.15, -0.1) is 0 Å². The first-order valence-electron chi connectivity index (χ1n) is 9.24. The molecular weight excluding hydrogens is 449 g/mol. The van der Waals surface area contributed by atoms with Crippen LogP contribution in [0.4, 0.5) is 4.79 Å². The van der Waals surface area contributed by atoms with E-state index in [9.17, 15) is 9.59 Å². The van der Waals surface area contributed by atoms with Gasteiger partial charge >= 0.3 is 6.09 Å². The Kier molecular flexibility index (Phi) is 6.83.